The second-order valence-electron chi connectivity index (χ2n) is 5.28. The molecule has 0 aliphatic carbocycles. The zero-order chi connectivity index (χ0) is 13.1. The lowest BCUT2D eigenvalue weighted by atomic mass is 10.1. The van der Waals surface area contributed by atoms with E-state index >= 15 is 0 Å². The number of aromatic nitrogens is 1. The van der Waals surface area contributed by atoms with E-state index in [-0.39, 0.29) is 0 Å². The minimum Gasteiger partial charge on any atom is -0.261 e. The van der Waals surface area contributed by atoms with E-state index in [1.165, 1.54) is 69.0 Å². The highest BCUT2D eigenvalue weighted by molar-refractivity contribution is 5.14. The fourth-order valence-corrected chi connectivity index (χ4v) is 2.22. The van der Waals surface area contributed by atoms with E-state index in [0.717, 1.165) is 6.42 Å². The molecule has 1 nitrogen and oxygen atoms in total. The van der Waals surface area contributed by atoms with Crippen LogP contribution in [0.1, 0.15) is 76.5 Å². The number of rotatable bonds is 10. The molecule has 0 radical (unpaired) electrons. The molecule has 0 N–H and O–H groups in total. The van der Waals surface area contributed by atoms with Gasteiger partial charge in [0.25, 0.3) is 0 Å². The summed E-state index contributed by atoms with van der Waals surface area (Å²) in [6.07, 6.45) is 15.2. The molecule has 0 atom stereocenters. The van der Waals surface area contributed by atoms with E-state index in [1.807, 2.05) is 0 Å². The molecular weight excluding hydrogens is 218 g/mol. The molecule has 102 valence electrons. The maximum Gasteiger partial charge on any atom is 0.0403 e. The molecule has 1 heteroatoms. The molecule has 1 aromatic rings. The van der Waals surface area contributed by atoms with E-state index in [0.29, 0.717) is 0 Å². The lowest BCUT2D eigenvalue weighted by Crippen LogP contribution is -1.93. The van der Waals surface area contributed by atoms with Gasteiger partial charge in [-0.1, -0.05) is 58.4 Å². The minimum atomic E-state index is 1.13. The van der Waals surface area contributed by atoms with Gasteiger partial charge in [-0.25, -0.2) is 0 Å². The van der Waals surface area contributed by atoms with Crippen molar-refractivity contribution in [1.82, 2.24) is 4.98 Å². The molecule has 0 amide bonds. The molecule has 18 heavy (non-hydrogen) atoms. The van der Waals surface area contributed by atoms with Crippen molar-refractivity contribution in [3.05, 3.63) is 29.6 Å². The molecule has 0 unspecified atom stereocenters. The summed E-state index contributed by atoms with van der Waals surface area (Å²) in [4.78, 5) is 4.54. The molecule has 1 heterocycles. The molecule has 0 aliphatic heterocycles. The second kappa shape index (κ2) is 10.1. The molecule has 0 fully saturated rings. The smallest absolute Gasteiger partial charge is 0.0403 e. The molecule has 0 spiro atoms. The maximum absolute atomic E-state index is 4.54. The van der Waals surface area contributed by atoms with Gasteiger partial charge in [-0.2, -0.15) is 0 Å². The normalized spacial score (nSPS) is 10.8. The summed E-state index contributed by atoms with van der Waals surface area (Å²) in [5.41, 5.74) is 2.66. The molecule has 0 saturated heterocycles. The summed E-state index contributed by atoms with van der Waals surface area (Å²) >= 11 is 0. The van der Waals surface area contributed by atoms with E-state index < -0.39 is 0 Å². The van der Waals surface area contributed by atoms with Crippen LogP contribution in [0.25, 0.3) is 0 Å². The maximum atomic E-state index is 4.54. The lowest BCUT2D eigenvalue weighted by Gasteiger charge is -2.03. The van der Waals surface area contributed by atoms with Crippen LogP contribution in [0.2, 0.25) is 0 Å². The third-order valence-electron chi connectivity index (χ3n) is 3.49. The van der Waals surface area contributed by atoms with Crippen molar-refractivity contribution in [2.45, 2.75) is 78.1 Å². The minimum absolute atomic E-state index is 1.13. The Morgan fingerprint density at radius 1 is 0.778 bits per heavy atom. The summed E-state index contributed by atoms with van der Waals surface area (Å²) in [5, 5.41) is 0. The van der Waals surface area contributed by atoms with Crippen LogP contribution < -0.4 is 0 Å². The van der Waals surface area contributed by atoms with Gasteiger partial charge >= 0.3 is 0 Å². The van der Waals surface area contributed by atoms with Crippen molar-refractivity contribution < 1.29 is 0 Å². The van der Waals surface area contributed by atoms with Crippen LogP contribution in [0.15, 0.2) is 18.3 Å². The van der Waals surface area contributed by atoms with Crippen LogP contribution in [0, 0.1) is 0 Å². The highest BCUT2D eigenvalue weighted by Crippen LogP contribution is 2.10. The van der Waals surface area contributed by atoms with Crippen LogP contribution in [-0.2, 0) is 12.8 Å². The van der Waals surface area contributed by atoms with Crippen LogP contribution in [0.5, 0.6) is 0 Å². The second-order valence-corrected chi connectivity index (χ2v) is 5.28. The molecule has 0 bridgehead atoms. The van der Waals surface area contributed by atoms with Crippen molar-refractivity contribution in [2.75, 3.05) is 0 Å². The van der Waals surface area contributed by atoms with Gasteiger partial charge in [0.15, 0.2) is 0 Å². The zero-order valence-corrected chi connectivity index (χ0v) is 12.3. The predicted octanol–water partition coefficient (Wildman–Crippen LogP) is 5.33. The third-order valence-corrected chi connectivity index (χ3v) is 3.49. The Bertz CT molecular complexity index is 289. The van der Waals surface area contributed by atoms with Crippen LogP contribution in [0.4, 0.5) is 0 Å². The van der Waals surface area contributed by atoms with Crippen molar-refractivity contribution in [1.29, 1.82) is 0 Å². The Hall–Kier alpha value is -0.850. The molecular formula is C17H29N. The third kappa shape index (κ3) is 6.78. The molecule has 0 aromatic carbocycles. The summed E-state index contributed by atoms with van der Waals surface area (Å²) < 4.78 is 0. The zero-order valence-electron chi connectivity index (χ0n) is 12.3. The first-order valence-corrected chi connectivity index (χ1v) is 7.80. The Morgan fingerprint density at radius 2 is 1.50 bits per heavy atom. The standard InChI is InChI=1S/C17H29N/c1-3-5-7-8-9-10-11-16-13-14-17(18-15-16)12-6-4-2/h13-15H,3-12H2,1-2H3. The summed E-state index contributed by atoms with van der Waals surface area (Å²) in [7, 11) is 0. The van der Waals surface area contributed by atoms with Gasteiger partial charge < -0.3 is 0 Å². The first-order chi connectivity index (χ1) is 8.86. The SMILES string of the molecule is CCCCCCCCc1ccc(CCCC)nc1. The number of hydrogen-bond donors (Lipinski definition) is 0. The first kappa shape index (κ1) is 15.2. The Labute approximate surface area is 113 Å². The monoisotopic (exact) mass is 247 g/mol. The number of pyridine rings is 1. The Kier molecular flexibility index (Phi) is 8.54. The quantitative estimate of drug-likeness (QED) is 0.509. The van der Waals surface area contributed by atoms with Crippen LogP contribution in [-0.4, -0.2) is 4.98 Å². The van der Waals surface area contributed by atoms with Crippen molar-refractivity contribution in [2.24, 2.45) is 0 Å². The van der Waals surface area contributed by atoms with Gasteiger partial charge in [0, 0.05) is 11.9 Å². The number of hydrogen-bond acceptors (Lipinski definition) is 1. The van der Waals surface area contributed by atoms with Crippen molar-refractivity contribution in [3.63, 3.8) is 0 Å². The summed E-state index contributed by atoms with van der Waals surface area (Å²) in [6.45, 7) is 4.50. The van der Waals surface area contributed by atoms with Crippen LogP contribution >= 0.6 is 0 Å². The fourth-order valence-electron chi connectivity index (χ4n) is 2.22. The van der Waals surface area contributed by atoms with Gasteiger partial charge in [0.05, 0.1) is 0 Å². The van der Waals surface area contributed by atoms with Crippen LogP contribution in [0.3, 0.4) is 0 Å². The van der Waals surface area contributed by atoms with Gasteiger partial charge in [-0.05, 0) is 37.3 Å². The van der Waals surface area contributed by atoms with Gasteiger partial charge in [0.1, 0.15) is 0 Å². The highest BCUT2D eigenvalue weighted by atomic mass is 14.7. The molecule has 1 rings (SSSR count). The predicted molar refractivity (Wildman–Crippen MR) is 79.9 cm³/mol. The van der Waals surface area contributed by atoms with E-state index in [4.69, 9.17) is 0 Å². The summed E-state index contributed by atoms with van der Waals surface area (Å²) in [5.74, 6) is 0. The molecule has 0 saturated carbocycles. The largest absolute Gasteiger partial charge is 0.261 e. The first-order valence-electron chi connectivity index (χ1n) is 7.80. The molecule has 0 aliphatic rings. The van der Waals surface area contributed by atoms with Gasteiger partial charge in [0.2, 0.25) is 0 Å². The van der Waals surface area contributed by atoms with E-state index in [9.17, 15) is 0 Å². The number of unbranched alkanes of at least 4 members (excludes halogenated alkanes) is 6. The average molecular weight is 247 g/mol. The number of nitrogens with zero attached hydrogens (tertiary/aromatic N) is 1. The fraction of sp³-hybridized carbons (Fsp3) is 0.706. The van der Waals surface area contributed by atoms with E-state index in [1.54, 1.807) is 0 Å². The average Bonchev–Trinajstić information content (AvgIpc) is 2.42. The summed E-state index contributed by atoms with van der Waals surface area (Å²) in [6, 6.07) is 4.48. The van der Waals surface area contributed by atoms with Crippen molar-refractivity contribution in [3.8, 4) is 0 Å². The van der Waals surface area contributed by atoms with Gasteiger partial charge in [-0.3, -0.25) is 4.98 Å². The highest BCUT2D eigenvalue weighted by Gasteiger charge is 1.97. The van der Waals surface area contributed by atoms with Crippen molar-refractivity contribution >= 4 is 0 Å². The van der Waals surface area contributed by atoms with E-state index in [2.05, 4.69) is 37.2 Å². The van der Waals surface area contributed by atoms with Gasteiger partial charge in [-0.15, -0.1) is 0 Å². The topological polar surface area (TPSA) is 12.9 Å². The Balaban J connectivity index is 2.14. The molecule has 1 aromatic heterocycles. The Morgan fingerprint density at radius 3 is 2.17 bits per heavy atom. The number of aryl methyl sites for hydroxylation is 2. The lowest BCUT2D eigenvalue weighted by molar-refractivity contribution is 0.607.